The molecule has 0 radical (unpaired) electrons. The van der Waals surface area contributed by atoms with E-state index in [-0.39, 0.29) is 5.69 Å². The quantitative estimate of drug-likeness (QED) is 0.785. The second-order valence-electron chi connectivity index (χ2n) is 2.61. The number of pyridine rings is 1. The van der Waals surface area contributed by atoms with Gasteiger partial charge in [0.15, 0.2) is 11.3 Å². The molecule has 0 unspecified atom stereocenters. The van der Waals surface area contributed by atoms with Gasteiger partial charge in [-0.3, -0.25) is 5.10 Å². The smallest absolute Gasteiger partial charge is 0.359 e. The van der Waals surface area contributed by atoms with Crippen LogP contribution < -0.4 is 0 Å². The molecule has 0 saturated heterocycles. The minimum atomic E-state index is -0.476. The van der Waals surface area contributed by atoms with E-state index in [0.29, 0.717) is 11.0 Å². The van der Waals surface area contributed by atoms with Gasteiger partial charge < -0.3 is 4.74 Å². The fourth-order valence-corrected chi connectivity index (χ4v) is 1.46. The standard InChI is InChI=1S/C8H6BrN3O2/c1-14-8(13)6-5-2-4(9)3-10-7(5)12-11-6/h2-3H,1H3,(H,10,11,12). The molecule has 0 spiro atoms. The fourth-order valence-electron chi connectivity index (χ4n) is 1.13. The number of hydrogen-bond donors (Lipinski definition) is 1. The number of aromatic nitrogens is 3. The van der Waals surface area contributed by atoms with Crippen LogP contribution in [0.3, 0.4) is 0 Å². The number of carbonyl (C=O) groups is 1. The zero-order valence-corrected chi connectivity index (χ0v) is 8.83. The summed E-state index contributed by atoms with van der Waals surface area (Å²) in [6.45, 7) is 0. The molecule has 2 aromatic heterocycles. The van der Waals surface area contributed by atoms with Crippen LogP contribution in [0, 0.1) is 0 Å². The number of methoxy groups -OCH3 is 1. The maximum atomic E-state index is 11.3. The zero-order chi connectivity index (χ0) is 10.1. The van der Waals surface area contributed by atoms with Crippen molar-refractivity contribution in [2.24, 2.45) is 0 Å². The first-order valence-corrected chi connectivity index (χ1v) is 4.59. The van der Waals surface area contributed by atoms with Crippen LogP contribution in [0.2, 0.25) is 0 Å². The second kappa shape index (κ2) is 3.38. The molecule has 6 heteroatoms. The Labute approximate surface area is 87.6 Å². The first kappa shape index (κ1) is 9.14. The summed E-state index contributed by atoms with van der Waals surface area (Å²) in [5.41, 5.74) is 0.810. The summed E-state index contributed by atoms with van der Waals surface area (Å²) in [5, 5.41) is 7.12. The number of carbonyl (C=O) groups excluding carboxylic acids is 1. The van der Waals surface area contributed by atoms with E-state index < -0.39 is 5.97 Å². The van der Waals surface area contributed by atoms with Gasteiger partial charge in [-0.2, -0.15) is 5.10 Å². The number of rotatable bonds is 1. The minimum Gasteiger partial charge on any atom is -0.464 e. The summed E-state index contributed by atoms with van der Waals surface area (Å²) in [6.07, 6.45) is 1.63. The third-order valence-corrected chi connectivity index (χ3v) is 2.20. The molecule has 5 nitrogen and oxygen atoms in total. The Morgan fingerprint density at radius 2 is 2.43 bits per heavy atom. The van der Waals surface area contributed by atoms with Crippen molar-refractivity contribution < 1.29 is 9.53 Å². The first-order chi connectivity index (χ1) is 6.72. The van der Waals surface area contributed by atoms with E-state index in [1.54, 1.807) is 12.3 Å². The van der Waals surface area contributed by atoms with Gasteiger partial charge in [0, 0.05) is 10.7 Å². The molecule has 0 bridgehead atoms. The highest BCUT2D eigenvalue weighted by Crippen LogP contribution is 2.18. The van der Waals surface area contributed by atoms with Crippen LogP contribution in [0.25, 0.3) is 11.0 Å². The molecule has 0 aliphatic carbocycles. The van der Waals surface area contributed by atoms with Crippen LogP contribution >= 0.6 is 15.9 Å². The fraction of sp³-hybridized carbons (Fsp3) is 0.125. The maximum Gasteiger partial charge on any atom is 0.359 e. The molecule has 2 rings (SSSR count). The van der Waals surface area contributed by atoms with Gasteiger partial charge in [0.05, 0.1) is 12.5 Å². The number of nitrogens with zero attached hydrogens (tertiary/aromatic N) is 2. The lowest BCUT2D eigenvalue weighted by Crippen LogP contribution is -2.01. The number of H-pyrrole nitrogens is 1. The zero-order valence-electron chi connectivity index (χ0n) is 7.24. The van der Waals surface area contributed by atoms with Crippen LogP contribution in [0.4, 0.5) is 0 Å². The lowest BCUT2D eigenvalue weighted by molar-refractivity contribution is 0.0596. The Balaban J connectivity index is 2.67. The van der Waals surface area contributed by atoms with E-state index in [1.165, 1.54) is 7.11 Å². The Kier molecular flexibility index (Phi) is 2.20. The SMILES string of the molecule is COC(=O)c1n[nH]c2ncc(Br)cc12. The van der Waals surface area contributed by atoms with Crippen LogP contribution in [0.15, 0.2) is 16.7 Å². The molecular weight excluding hydrogens is 250 g/mol. The van der Waals surface area contributed by atoms with Gasteiger partial charge in [0.1, 0.15) is 0 Å². The van der Waals surface area contributed by atoms with E-state index in [1.807, 2.05) is 0 Å². The molecule has 0 atom stereocenters. The number of fused-ring (bicyclic) bond motifs is 1. The van der Waals surface area contributed by atoms with E-state index in [2.05, 4.69) is 35.8 Å². The topological polar surface area (TPSA) is 67.9 Å². The van der Waals surface area contributed by atoms with Gasteiger partial charge in [-0.25, -0.2) is 9.78 Å². The molecule has 72 valence electrons. The van der Waals surface area contributed by atoms with Crippen molar-refractivity contribution >= 4 is 32.9 Å². The minimum absolute atomic E-state index is 0.247. The second-order valence-corrected chi connectivity index (χ2v) is 3.53. The van der Waals surface area contributed by atoms with Gasteiger partial charge in [0.25, 0.3) is 0 Å². The van der Waals surface area contributed by atoms with Gasteiger partial charge in [0.2, 0.25) is 0 Å². The Morgan fingerprint density at radius 3 is 3.14 bits per heavy atom. The third-order valence-electron chi connectivity index (χ3n) is 1.76. The highest BCUT2D eigenvalue weighted by Gasteiger charge is 2.14. The molecule has 1 N–H and O–H groups in total. The van der Waals surface area contributed by atoms with Crippen LogP contribution in [0.1, 0.15) is 10.5 Å². The number of hydrogen-bond acceptors (Lipinski definition) is 4. The maximum absolute atomic E-state index is 11.3. The summed E-state index contributed by atoms with van der Waals surface area (Å²) >= 11 is 3.27. The molecule has 2 heterocycles. The van der Waals surface area contributed by atoms with Gasteiger partial charge in [-0.15, -0.1) is 0 Å². The van der Waals surface area contributed by atoms with Gasteiger partial charge >= 0.3 is 5.97 Å². The predicted octanol–water partition coefficient (Wildman–Crippen LogP) is 1.51. The van der Waals surface area contributed by atoms with Gasteiger partial charge in [-0.05, 0) is 22.0 Å². The number of nitrogens with one attached hydrogen (secondary N) is 1. The van der Waals surface area contributed by atoms with Crippen molar-refractivity contribution in [3.05, 3.63) is 22.4 Å². The highest BCUT2D eigenvalue weighted by molar-refractivity contribution is 9.10. The average molecular weight is 256 g/mol. The normalized spacial score (nSPS) is 10.4. The lowest BCUT2D eigenvalue weighted by atomic mass is 10.3. The number of esters is 1. The summed E-state index contributed by atoms with van der Waals surface area (Å²) in [4.78, 5) is 15.3. The van der Waals surface area contributed by atoms with Crippen molar-refractivity contribution in [1.29, 1.82) is 0 Å². The predicted molar refractivity (Wildman–Crippen MR) is 52.9 cm³/mol. The first-order valence-electron chi connectivity index (χ1n) is 3.80. The van der Waals surface area contributed by atoms with Crippen LogP contribution in [-0.2, 0) is 4.74 Å². The summed E-state index contributed by atoms with van der Waals surface area (Å²) < 4.78 is 5.37. The molecule has 0 aromatic carbocycles. The summed E-state index contributed by atoms with van der Waals surface area (Å²) in [7, 11) is 1.31. The molecular formula is C8H6BrN3O2. The summed E-state index contributed by atoms with van der Waals surface area (Å²) in [6, 6.07) is 1.76. The Hall–Kier alpha value is -1.43. The van der Waals surface area contributed by atoms with E-state index in [4.69, 9.17) is 0 Å². The van der Waals surface area contributed by atoms with Crippen molar-refractivity contribution in [2.75, 3.05) is 7.11 Å². The highest BCUT2D eigenvalue weighted by atomic mass is 79.9. The molecule has 2 aromatic rings. The molecule has 0 saturated carbocycles. The Morgan fingerprint density at radius 1 is 1.64 bits per heavy atom. The number of aromatic amines is 1. The summed E-state index contributed by atoms with van der Waals surface area (Å²) in [5.74, 6) is -0.476. The molecule has 0 aliphatic rings. The Bertz CT molecular complexity index is 494. The number of ether oxygens (including phenoxy) is 1. The van der Waals surface area contributed by atoms with E-state index in [9.17, 15) is 4.79 Å². The van der Waals surface area contributed by atoms with Crippen molar-refractivity contribution in [2.45, 2.75) is 0 Å². The molecule has 0 fully saturated rings. The van der Waals surface area contributed by atoms with Crippen LogP contribution in [-0.4, -0.2) is 28.3 Å². The van der Waals surface area contributed by atoms with Crippen molar-refractivity contribution in [3.8, 4) is 0 Å². The van der Waals surface area contributed by atoms with Gasteiger partial charge in [-0.1, -0.05) is 0 Å². The average Bonchev–Trinajstić information content (AvgIpc) is 2.59. The largest absolute Gasteiger partial charge is 0.464 e. The molecule has 0 amide bonds. The van der Waals surface area contributed by atoms with Crippen molar-refractivity contribution in [3.63, 3.8) is 0 Å². The van der Waals surface area contributed by atoms with Crippen molar-refractivity contribution in [1.82, 2.24) is 15.2 Å². The van der Waals surface area contributed by atoms with E-state index >= 15 is 0 Å². The molecule has 14 heavy (non-hydrogen) atoms. The monoisotopic (exact) mass is 255 g/mol. The van der Waals surface area contributed by atoms with Crippen LogP contribution in [0.5, 0.6) is 0 Å². The lowest BCUT2D eigenvalue weighted by Gasteiger charge is -1.94. The number of halogens is 1. The third kappa shape index (κ3) is 1.37. The van der Waals surface area contributed by atoms with E-state index in [0.717, 1.165) is 4.47 Å². The molecule has 0 aliphatic heterocycles.